The first-order chi connectivity index (χ1) is 8.17. The number of esters is 1. The number of carbonyl (C=O) groups excluding carboxylic acids is 1. The highest BCUT2D eigenvalue weighted by Gasteiger charge is 2.12. The van der Waals surface area contributed by atoms with Crippen LogP contribution in [0.5, 0.6) is 0 Å². The van der Waals surface area contributed by atoms with Crippen LogP contribution in [-0.4, -0.2) is 44.7 Å². The van der Waals surface area contributed by atoms with Crippen molar-refractivity contribution in [2.24, 2.45) is 0 Å². The average molecular weight is 240 g/mol. The van der Waals surface area contributed by atoms with Gasteiger partial charge in [0.15, 0.2) is 0 Å². The van der Waals surface area contributed by atoms with Crippen LogP contribution in [0, 0.1) is 0 Å². The van der Waals surface area contributed by atoms with Gasteiger partial charge in [-0.3, -0.25) is 4.90 Å². The second kappa shape index (κ2) is 7.09. The van der Waals surface area contributed by atoms with Crippen molar-refractivity contribution in [3.8, 4) is 0 Å². The summed E-state index contributed by atoms with van der Waals surface area (Å²) in [5, 5.41) is 3.08. The number of nitrogens with zero attached hydrogens (tertiary/aromatic N) is 1. The summed E-state index contributed by atoms with van der Waals surface area (Å²) in [4.78, 5) is 13.5. The van der Waals surface area contributed by atoms with Gasteiger partial charge in [0.05, 0.1) is 13.2 Å². The highest BCUT2D eigenvalue weighted by molar-refractivity contribution is 5.86. The van der Waals surface area contributed by atoms with Gasteiger partial charge in [0.2, 0.25) is 5.76 Å². The fourth-order valence-electron chi connectivity index (χ4n) is 1.42. The van der Waals surface area contributed by atoms with E-state index in [9.17, 15) is 4.79 Å². The average Bonchev–Trinajstić information content (AvgIpc) is 2.75. The summed E-state index contributed by atoms with van der Waals surface area (Å²) in [6.07, 6.45) is 0. The number of carbonyl (C=O) groups is 1. The maximum Gasteiger partial charge on any atom is 0.374 e. The second-order valence-electron chi connectivity index (χ2n) is 3.83. The molecule has 0 radical (unpaired) electrons. The van der Waals surface area contributed by atoms with Crippen molar-refractivity contribution in [2.45, 2.75) is 13.5 Å². The van der Waals surface area contributed by atoms with Gasteiger partial charge in [0.25, 0.3) is 0 Å². The van der Waals surface area contributed by atoms with Crippen LogP contribution in [0.15, 0.2) is 16.5 Å². The number of nitrogens with one attached hydrogen (secondary N) is 1. The first-order valence-corrected chi connectivity index (χ1v) is 5.76. The Bertz CT molecular complexity index is 349. The smallest absolute Gasteiger partial charge is 0.374 e. The van der Waals surface area contributed by atoms with Gasteiger partial charge < -0.3 is 14.5 Å². The molecule has 1 N–H and O–H groups in total. The summed E-state index contributed by atoms with van der Waals surface area (Å²) in [6.45, 7) is 4.65. The van der Waals surface area contributed by atoms with E-state index >= 15 is 0 Å². The van der Waals surface area contributed by atoms with Crippen molar-refractivity contribution in [2.75, 3.05) is 33.8 Å². The SMILES string of the molecule is CCOC(=O)c1ccc(CN(C)CCNC)o1. The van der Waals surface area contributed by atoms with Gasteiger partial charge in [-0.25, -0.2) is 4.79 Å². The normalized spacial score (nSPS) is 10.8. The van der Waals surface area contributed by atoms with Crippen LogP contribution < -0.4 is 5.32 Å². The first-order valence-electron chi connectivity index (χ1n) is 5.76. The summed E-state index contributed by atoms with van der Waals surface area (Å²) in [5.41, 5.74) is 0. The molecule has 0 amide bonds. The molecule has 0 saturated heterocycles. The fraction of sp³-hybridized carbons (Fsp3) is 0.583. The maximum absolute atomic E-state index is 11.4. The Hall–Kier alpha value is -1.33. The Morgan fingerprint density at radius 2 is 2.29 bits per heavy atom. The maximum atomic E-state index is 11.4. The molecule has 0 spiro atoms. The summed E-state index contributed by atoms with van der Waals surface area (Å²) >= 11 is 0. The van der Waals surface area contributed by atoms with Gasteiger partial charge >= 0.3 is 5.97 Å². The van der Waals surface area contributed by atoms with Crippen molar-refractivity contribution >= 4 is 5.97 Å². The third kappa shape index (κ3) is 4.58. The van der Waals surface area contributed by atoms with Gasteiger partial charge in [-0.05, 0) is 33.2 Å². The molecule has 17 heavy (non-hydrogen) atoms. The molecule has 0 aliphatic heterocycles. The summed E-state index contributed by atoms with van der Waals surface area (Å²) in [6, 6.07) is 3.46. The fourth-order valence-corrected chi connectivity index (χ4v) is 1.42. The van der Waals surface area contributed by atoms with E-state index in [1.807, 2.05) is 20.2 Å². The van der Waals surface area contributed by atoms with Gasteiger partial charge in [0, 0.05) is 13.1 Å². The van der Waals surface area contributed by atoms with Crippen LogP contribution in [-0.2, 0) is 11.3 Å². The standard InChI is InChI=1S/C12H20N2O3/c1-4-16-12(15)11-6-5-10(17-11)9-14(3)8-7-13-2/h5-6,13H,4,7-9H2,1-3H3. The molecule has 5 heteroatoms. The molecule has 0 aromatic carbocycles. The van der Waals surface area contributed by atoms with Crippen LogP contribution in [0.2, 0.25) is 0 Å². The highest BCUT2D eigenvalue weighted by Crippen LogP contribution is 2.11. The topological polar surface area (TPSA) is 54.7 Å². The van der Waals surface area contributed by atoms with E-state index in [4.69, 9.17) is 9.15 Å². The first kappa shape index (κ1) is 13.7. The monoisotopic (exact) mass is 240 g/mol. The minimum absolute atomic E-state index is 0.267. The van der Waals surface area contributed by atoms with E-state index in [1.54, 1.807) is 13.0 Å². The molecule has 0 bridgehead atoms. The van der Waals surface area contributed by atoms with Crippen molar-refractivity contribution in [1.82, 2.24) is 10.2 Å². The van der Waals surface area contributed by atoms with Gasteiger partial charge in [-0.15, -0.1) is 0 Å². The van der Waals surface area contributed by atoms with Crippen molar-refractivity contribution in [3.05, 3.63) is 23.7 Å². The molecule has 0 fully saturated rings. The number of rotatable bonds is 7. The lowest BCUT2D eigenvalue weighted by molar-refractivity contribution is 0.0486. The molecule has 1 aromatic heterocycles. The van der Waals surface area contributed by atoms with Crippen LogP contribution >= 0.6 is 0 Å². The molecule has 0 unspecified atom stereocenters. The van der Waals surface area contributed by atoms with Crippen molar-refractivity contribution < 1.29 is 13.9 Å². The summed E-state index contributed by atoms with van der Waals surface area (Å²) in [5.74, 6) is 0.632. The number of hydrogen-bond donors (Lipinski definition) is 1. The highest BCUT2D eigenvalue weighted by atomic mass is 16.5. The van der Waals surface area contributed by atoms with E-state index < -0.39 is 5.97 Å². The van der Waals surface area contributed by atoms with E-state index in [1.165, 1.54) is 0 Å². The zero-order valence-corrected chi connectivity index (χ0v) is 10.7. The number of likely N-dealkylation sites (N-methyl/N-ethyl adjacent to an activating group) is 2. The summed E-state index contributed by atoms with van der Waals surface area (Å²) in [7, 11) is 3.92. The molecule has 1 rings (SSSR count). The van der Waals surface area contributed by atoms with Crippen LogP contribution in [0.4, 0.5) is 0 Å². The number of ether oxygens (including phenoxy) is 1. The Kier molecular flexibility index (Phi) is 5.72. The zero-order chi connectivity index (χ0) is 12.7. The van der Waals surface area contributed by atoms with Gasteiger partial charge in [-0.1, -0.05) is 0 Å². The molecule has 1 heterocycles. The molecule has 0 aliphatic carbocycles. The molecule has 0 atom stereocenters. The Labute approximate surface area is 102 Å². The lowest BCUT2D eigenvalue weighted by atomic mass is 10.4. The molecule has 1 aromatic rings. The number of furan rings is 1. The Morgan fingerprint density at radius 1 is 1.53 bits per heavy atom. The molecule has 5 nitrogen and oxygen atoms in total. The minimum atomic E-state index is -0.406. The largest absolute Gasteiger partial charge is 0.460 e. The molecule has 0 aliphatic rings. The van der Waals surface area contributed by atoms with Crippen LogP contribution in [0.3, 0.4) is 0 Å². The lowest BCUT2D eigenvalue weighted by Gasteiger charge is -2.14. The van der Waals surface area contributed by atoms with Gasteiger partial charge in [-0.2, -0.15) is 0 Å². The van der Waals surface area contributed by atoms with Crippen molar-refractivity contribution in [3.63, 3.8) is 0 Å². The predicted molar refractivity (Wildman–Crippen MR) is 64.9 cm³/mol. The third-order valence-electron chi connectivity index (χ3n) is 2.31. The predicted octanol–water partition coefficient (Wildman–Crippen LogP) is 1.11. The molecule has 0 saturated carbocycles. The Morgan fingerprint density at radius 3 is 2.94 bits per heavy atom. The van der Waals surface area contributed by atoms with E-state index in [-0.39, 0.29) is 5.76 Å². The quantitative estimate of drug-likeness (QED) is 0.723. The van der Waals surface area contributed by atoms with Crippen molar-refractivity contribution in [1.29, 1.82) is 0 Å². The minimum Gasteiger partial charge on any atom is -0.460 e. The molecular formula is C12H20N2O3. The van der Waals surface area contributed by atoms with E-state index in [0.717, 1.165) is 18.8 Å². The molecular weight excluding hydrogens is 220 g/mol. The van der Waals surface area contributed by atoms with E-state index in [2.05, 4.69) is 10.2 Å². The Balaban J connectivity index is 2.47. The van der Waals surface area contributed by atoms with E-state index in [0.29, 0.717) is 13.2 Å². The zero-order valence-electron chi connectivity index (χ0n) is 10.7. The molecule has 96 valence electrons. The lowest BCUT2D eigenvalue weighted by Crippen LogP contribution is -2.26. The van der Waals surface area contributed by atoms with Crippen LogP contribution in [0.25, 0.3) is 0 Å². The summed E-state index contributed by atoms with van der Waals surface area (Å²) < 4.78 is 10.3. The van der Waals surface area contributed by atoms with Crippen LogP contribution in [0.1, 0.15) is 23.2 Å². The number of hydrogen-bond acceptors (Lipinski definition) is 5. The van der Waals surface area contributed by atoms with Gasteiger partial charge in [0.1, 0.15) is 5.76 Å². The second-order valence-corrected chi connectivity index (χ2v) is 3.83. The third-order valence-corrected chi connectivity index (χ3v) is 2.31.